The van der Waals surface area contributed by atoms with Crippen LogP contribution in [0, 0.1) is 17.2 Å². The number of Topliss-reactive ketones (excluding diaryl/α,β-unsaturated/α-hetero) is 1. The van der Waals surface area contributed by atoms with Gasteiger partial charge in [0.2, 0.25) is 0 Å². The van der Waals surface area contributed by atoms with Crippen molar-refractivity contribution in [2.75, 3.05) is 0 Å². The van der Waals surface area contributed by atoms with Gasteiger partial charge in [0.15, 0.2) is 5.78 Å². The van der Waals surface area contributed by atoms with Gasteiger partial charge in [0, 0.05) is 42.7 Å². The minimum absolute atomic E-state index is 0.0650. The van der Waals surface area contributed by atoms with Crippen molar-refractivity contribution in [2.45, 2.75) is 58.0 Å². The molecule has 0 aliphatic heterocycles. The second kappa shape index (κ2) is 12.0. The number of aromatic nitrogens is 2. The van der Waals surface area contributed by atoms with Gasteiger partial charge in [-0.15, -0.1) is 0 Å². The summed E-state index contributed by atoms with van der Waals surface area (Å²) in [5, 5.41) is 29.7. The average Bonchev–Trinajstić information content (AvgIpc) is 3.08. The fourth-order valence-corrected chi connectivity index (χ4v) is 4.67. The number of halogens is 1. The Kier molecular flexibility index (Phi) is 9.02. The molecule has 2 atom stereocenters. The first kappa shape index (κ1) is 26.4. The molecule has 0 bridgehead atoms. The van der Waals surface area contributed by atoms with Crippen LogP contribution in [0.3, 0.4) is 0 Å². The van der Waals surface area contributed by atoms with Gasteiger partial charge in [-0.05, 0) is 48.9 Å². The Morgan fingerprint density at radius 1 is 1.20 bits per heavy atom. The Hall–Kier alpha value is -3.21. The molecule has 8 heteroatoms. The van der Waals surface area contributed by atoms with Gasteiger partial charge in [-0.2, -0.15) is 5.26 Å². The first-order chi connectivity index (χ1) is 16.7. The molecule has 0 aliphatic carbocycles. The van der Waals surface area contributed by atoms with Crippen molar-refractivity contribution in [1.29, 1.82) is 5.26 Å². The van der Waals surface area contributed by atoms with Crippen LogP contribution in [0.5, 0.6) is 0 Å². The molecule has 0 aliphatic rings. The molecule has 1 aromatic carbocycles. The zero-order valence-electron chi connectivity index (χ0n) is 20.0. The van der Waals surface area contributed by atoms with E-state index in [1.54, 1.807) is 37.4 Å². The van der Waals surface area contributed by atoms with E-state index in [1.807, 2.05) is 17.7 Å². The Bertz CT molecular complexity index is 1260. The number of aliphatic carboxylic acids is 1. The first-order valence-corrected chi connectivity index (χ1v) is 12.1. The highest BCUT2D eigenvalue weighted by Crippen LogP contribution is 2.30. The summed E-state index contributed by atoms with van der Waals surface area (Å²) in [5.41, 5.74) is 3.38. The summed E-state index contributed by atoms with van der Waals surface area (Å²) < 4.78 is 1.92. The summed E-state index contributed by atoms with van der Waals surface area (Å²) in [5.74, 6) is -1.30. The summed E-state index contributed by atoms with van der Waals surface area (Å²) in [6, 6.07) is 10.8. The minimum atomic E-state index is -0.922. The molecule has 0 saturated heterocycles. The predicted molar refractivity (Wildman–Crippen MR) is 134 cm³/mol. The summed E-state index contributed by atoms with van der Waals surface area (Å²) in [7, 11) is 1.88. The zero-order valence-corrected chi connectivity index (χ0v) is 20.8. The number of aryl methyl sites for hydroxylation is 1. The Morgan fingerprint density at radius 2 is 1.97 bits per heavy atom. The van der Waals surface area contributed by atoms with Crippen LogP contribution in [-0.4, -0.2) is 31.5 Å². The van der Waals surface area contributed by atoms with Crippen LogP contribution in [0.15, 0.2) is 36.5 Å². The number of hydrogen-bond donors (Lipinski definition) is 2. The summed E-state index contributed by atoms with van der Waals surface area (Å²) in [6.07, 6.45) is 4.70. The highest BCUT2D eigenvalue weighted by molar-refractivity contribution is 6.31. The van der Waals surface area contributed by atoms with Gasteiger partial charge in [-0.3, -0.25) is 9.59 Å². The van der Waals surface area contributed by atoms with E-state index in [9.17, 15) is 14.7 Å². The van der Waals surface area contributed by atoms with E-state index in [2.05, 4.69) is 11.1 Å². The Labute approximate surface area is 210 Å². The quantitative estimate of drug-likeness (QED) is 0.249. The first-order valence-electron chi connectivity index (χ1n) is 11.8. The van der Waals surface area contributed by atoms with Crippen LogP contribution >= 0.6 is 11.6 Å². The molecule has 2 aromatic heterocycles. The maximum absolute atomic E-state index is 13.3. The molecule has 2 heterocycles. The predicted octanol–water partition coefficient (Wildman–Crippen LogP) is 5.62. The number of aliphatic hydroxyl groups is 1. The van der Waals surface area contributed by atoms with Crippen LogP contribution in [0.4, 0.5) is 0 Å². The molecule has 3 aromatic rings. The van der Waals surface area contributed by atoms with Crippen molar-refractivity contribution in [3.8, 4) is 6.07 Å². The van der Waals surface area contributed by atoms with Crippen LogP contribution in [-0.2, 0) is 18.3 Å². The number of carboxylic acids is 1. The van der Waals surface area contributed by atoms with Crippen molar-refractivity contribution in [1.82, 2.24) is 9.55 Å². The van der Waals surface area contributed by atoms with Crippen molar-refractivity contribution in [3.05, 3.63) is 63.9 Å². The van der Waals surface area contributed by atoms with Gasteiger partial charge in [0.25, 0.3) is 0 Å². The number of carboxylic acid groups (broad SMARTS) is 1. The third-order valence-corrected chi connectivity index (χ3v) is 6.45. The second-order valence-electron chi connectivity index (χ2n) is 9.09. The summed E-state index contributed by atoms with van der Waals surface area (Å²) in [6.45, 7) is 1.76. The number of ketones is 1. The third kappa shape index (κ3) is 6.68. The van der Waals surface area contributed by atoms with E-state index in [1.165, 1.54) is 0 Å². The monoisotopic (exact) mass is 495 g/mol. The van der Waals surface area contributed by atoms with Gasteiger partial charge >= 0.3 is 5.97 Å². The fourth-order valence-electron chi connectivity index (χ4n) is 4.52. The number of hydrogen-bond acceptors (Lipinski definition) is 5. The molecule has 35 heavy (non-hydrogen) atoms. The number of fused-ring (bicyclic) bond motifs is 1. The standard InChI is InChI=1S/C27H30ClN3O4/c1-17(12-25(34)35)11-24(33)26-21-14-20(28)16-30-27(21)31(2)22(26)9-4-3-5-10-23(32)19-8-6-7-18(13-19)15-29/h6-8,13-14,16-17,23,32H,3-5,9-12H2,1-2H3,(H,34,35)/t17-,23?/m0/s1. The molecule has 0 saturated carbocycles. The topological polar surface area (TPSA) is 116 Å². The number of pyridine rings is 1. The van der Waals surface area contributed by atoms with Crippen molar-refractivity contribution in [2.24, 2.45) is 13.0 Å². The highest BCUT2D eigenvalue weighted by Gasteiger charge is 2.24. The van der Waals surface area contributed by atoms with Crippen LogP contribution in [0.1, 0.15) is 78.7 Å². The SMILES string of the molecule is C[C@H](CC(=O)O)CC(=O)c1c(CCCCCC(O)c2cccc(C#N)c2)n(C)c2ncc(Cl)cc12. The number of nitriles is 1. The normalized spacial score (nSPS) is 12.9. The maximum Gasteiger partial charge on any atom is 0.303 e. The third-order valence-electron chi connectivity index (χ3n) is 6.24. The average molecular weight is 496 g/mol. The lowest BCUT2D eigenvalue weighted by Crippen LogP contribution is -2.12. The molecule has 3 rings (SSSR count). The molecule has 0 radical (unpaired) electrons. The molecule has 184 valence electrons. The van der Waals surface area contributed by atoms with Crippen LogP contribution < -0.4 is 0 Å². The van der Waals surface area contributed by atoms with Crippen LogP contribution in [0.25, 0.3) is 11.0 Å². The smallest absolute Gasteiger partial charge is 0.303 e. The van der Waals surface area contributed by atoms with Crippen molar-refractivity contribution >= 4 is 34.4 Å². The maximum atomic E-state index is 13.3. The Balaban J connectivity index is 1.69. The number of unbranched alkanes of at least 4 members (excludes halogenated alkanes) is 2. The lowest BCUT2D eigenvalue weighted by Gasteiger charge is -2.12. The fraction of sp³-hybridized carbons (Fsp3) is 0.407. The van der Waals surface area contributed by atoms with Crippen molar-refractivity contribution in [3.63, 3.8) is 0 Å². The van der Waals surface area contributed by atoms with E-state index in [-0.39, 0.29) is 24.5 Å². The summed E-state index contributed by atoms with van der Waals surface area (Å²) in [4.78, 5) is 28.7. The molecular weight excluding hydrogens is 466 g/mol. The van der Waals surface area contributed by atoms with E-state index in [0.29, 0.717) is 40.0 Å². The van der Waals surface area contributed by atoms with Crippen LogP contribution in [0.2, 0.25) is 5.02 Å². The number of carbonyl (C=O) groups is 2. The number of nitrogens with zero attached hydrogens (tertiary/aromatic N) is 3. The Morgan fingerprint density at radius 3 is 2.69 bits per heavy atom. The minimum Gasteiger partial charge on any atom is -0.481 e. The number of benzene rings is 1. The molecule has 7 nitrogen and oxygen atoms in total. The van der Waals surface area contributed by atoms with E-state index in [4.69, 9.17) is 22.0 Å². The van der Waals surface area contributed by atoms with E-state index >= 15 is 0 Å². The summed E-state index contributed by atoms with van der Waals surface area (Å²) >= 11 is 6.17. The van der Waals surface area contributed by atoms with Crippen molar-refractivity contribution < 1.29 is 19.8 Å². The number of carbonyl (C=O) groups excluding carboxylic acids is 1. The molecule has 0 fully saturated rings. The highest BCUT2D eigenvalue weighted by atomic mass is 35.5. The van der Waals surface area contributed by atoms with E-state index in [0.717, 1.165) is 30.5 Å². The number of rotatable bonds is 12. The zero-order chi connectivity index (χ0) is 25.5. The van der Waals surface area contributed by atoms with Gasteiger partial charge < -0.3 is 14.8 Å². The molecular formula is C27H30ClN3O4. The van der Waals surface area contributed by atoms with E-state index < -0.39 is 12.1 Å². The van der Waals surface area contributed by atoms with Gasteiger partial charge in [-0.1, -0.05) is 43.5 Å². The molecule has 1 unspecified atom stereocenters. The largest absolute Gasteiger partial charge is 0.481 e. The lowest BCUT2D eigenvalue weighted by molar-refractivity contribution is -0.137. The van der Waals surface area contributed by atoms with Gasteiger partial charge in [-0.25, -0.2) is 4.98 Å². The molecule has 0 amide bonds. The van der Waals surface area contributed by atoms with Gasteiger partial charge in [0.1, 0.15) is 5.65 Å². The second-order valence-corrected chi connectivity index (χ2v) is 9.52. The molecule has 0 spiro atoms. The lowest BCUT2D eigenvalue weighted by atomic mass is 9.94. The molecule has 2 N–H and O–H groups in total. The van der Waals surface area contributed by atoms with Gasteiger partial charge in [0.05, 0.1) is 22.8 Å². The number of aliphatic hydroxyl groups excluding tert-OH is 1.